The van der Waals surface area contributed by atoms with E-state index in [-0.39, 0.29) is 11.8 Å². The van der Waals surface area contributed by atoms with Gasteiger partial charge >= 0.3 is 0 Å². The standard InChI is InChI=1S/C15H29N3O2/c1-3-18(4-2)14(20)15(10-6-5-7-11-15)17-13(19)9-8-12-16/h3-12,16H2,1-2H3,(H,17,19). The van der Waals surface area contributed by atoms with Crippen molar-refractivity contribution >= 4 is 11.8 Å². The van der Waals surface area contributed by atoms with Crippen molar-refractivity contribution in [1.82, 2.24) is 10.2 Å². The Bertz CT molecular complexity index is 321. The number of hydrogen-bond donors (Lipinski definition) is 2. The SMILES string of the molecule is CCN(CC)C(=O)C1(NC(=O)CCCN)CCCCC1. The number of nitrogens with one attached hydrogen (secondary N) is 1. The molecule has 116 valence electrons. The van der Waals surface area contributed by atoms with Crippen LogP contribution in [0.5, 0.6) is 0 Å². The average Bonchev–Trinajstić information content (AvgIpc) is 2.47. The van der Waals surface area contributed by atoms with Gasteiger partial charge in [-0.1, -0.05) is 19.3 Å². The van der Waals surface area contributed by atoms with Crippen molar-refractivity contribution in [2.45, 2.75) is 64.3 Å². The number of nitrogens with zero attached hydrogens (tertiary/aromatic N) is 1. The Kier molecular flexibility index (Phi) is 6.99. The van der Waals surface area contributed by atoms with Crippen LogP contribution in [0.2, 0.25) is 0 Å². The number of carbonyl (C=O) groups is 2. The lowest BCUT2D eigenvalue weighted by molar-refractivity contribution is -0.143. The minimum atomic E-state index is -0.671. The highest BCUT2D eigenvalue weighted by atomic mass is 16.2. The summed E-state index contributed by atoms with van der Waals surface area (Å²) in [5, 5.41) is 3.03. The van der Waals surface area contributed by atoms with Gasteiger partial charge in [-0.2, -0.15) is 0 Å². The molecular formula is C15H29N3O2. The second-order valence-corrected chi connectivity index (χ2v) is 5.56. The second kappa shape index (κ2) is 8.25. The zero-order valence-electron chi connectivity index (χ0n) is 12.9. The maximum absolute atomic E-state index is 12.8. The summed E-state index contributed by atoms with van der Waals surface area (Å²) in [7, 11) is 0. The van der Waals surface area contributed by atoms with E-state index in [2.05, 4.69) is 5.32 Å². The van der Waals surface area contributed by atoms with Crippen molar-refractivity contribution in [1.29, 1.82) is 0 Å². The largest absolute Gasteiger partial charge is 0.342 e. The Labute approximate surface area is 122 Å². The fourth-order valence-electron chi connectivity index (χ4n) is 2.95. The van der Waals surface area contributed by atoms with Crippen molar-refractivity contribution in [3.63, 3.8) is 0 Å². The first-order valence-electron chi connectivity index (χ1n) is 7.90. The first kappa shape index (κ1) is 17.0. The summed E-state index contributed by atoms with van der Waals surface area (Å²) in [6.07, 6.45) is 5.75. The summed E-state index contributed by atoms with van der Waals surface area (Å²) in [6, 6.07) is 0. The topological polar surface area (TPSA) is 75.4 Å². The Balaban J connectivity index is 2.80. The highest BCUT2D eigenvalue weighted by Crippen LogP contribution is 2.30. The van der Waals surface area contributed by atoms with Gasteiger partial charge in [-0.25, -0.2) is 0 Å². The van der Waals surface area contributed by atoms with Gasteiger partial charge in [-0.15, -0.1) is 0 Å². The van der Waals surface area contributed by atoms with Crippen LogP contribution in [0.1, 0.15) is 58.8 Å². The van der Waals surface area contributed by atoms with Crippen molar-refractivity contribution in [3.8, 4) is 0 Å². The molecule has 0 aromatic rings. The third-order valence-corrected chi connectivity index (χ3v) is 4.15. The zero-order valence-corrected chi connectivity index (χ0v) is 12.9. The third-order valence-electron chi connectivity index (χ3n) is 4.15. The van der Waals surface area contributed by atoms with Gasteiger partial charge in [0.05, 0.1) is 0 Å². The van der Waals surface area contributed by atoms with Crippen LogP contribution in [0.15, 0.2) is 0 Å². The normalized spacial score (nSPS) is 17.6. The molecule has 0 saturated heterocycles. The molecular weight excluding hydrogens is 254 g/mol. The molecule has 0 spiro atoms. The number of nitrogens with two attached hydrogens (primary N) is 1. The van der Waals surface area contributed by atoms with E-state index in [1.807, 2.05) is 18.7 Å². The molecule has 0 aromatic carbocycles. The van der Waals surface area contributed by atoms with E-state index in [1.165, 1.54) is 0 Å². The molecule has 0 atom stereocenters. The molecule has 0 bridgehead atoms. The highest BCUT2D eigenvalue weighted by Gasteiger charge is 2.42. The Morgan fingerprint density at radius 2 is 1.75 bits per heavy atom. The van der Waals surface area contributed by atoms with Crippen LogP contribution in [-0.4, -0.2) is 41.9 Å². The lowest BCUT2D eigenvalue weighted by Crippen LogP contribution is -2.60. The highest BCUT2D eigenvalue weighted by molar-refractivity contribution is 5.91. The minimum Gasteiger partial charge on any atom is -0.342 e. The van der Waals surface area contributed by atoms with Crippen LogP contribution >= 0.6 is 0 Å². The van der Waals surface area contributed by atoms with E-state index >= 15 is 0 Å². The summed E-state index contributed by atoms with van der Waals surface area (Å²) < 4.78 is 0. The van der Waals surface area contributed by atoms with Crippen LogP contribution in [-0.2, 0) is 9.59 Å². The van der Waals surface area contributed by atoms with Crippen molar-refractivity contribution in [3.05, 3.63) is 0 Å². The van der Waals surface area contributed by atoms with Gasteiger partial charge in [0.2, 0.25) is 11.8 Å². The monoisotopic (exact) mass is 283 g/mol. The molecule has 2 amide bonds. The maximum Gasteiger partial charge on any atom is 0.248 e. The first-order valence-corrected chi connectivity index (χ1v) is 7.90. The van der Waals surface area contributed by atoms with Gasteiger partial charge < -0.3 is 16.0 Å². The summed E-state index contributed by atoms with van der Waals surface area (Å²) >= 11 is 0. The second-order valence-electron chi connectivity index (χ2n) is 5.56. The van der Waals surface area contributed by atoms with Crippen molar-refractivity contribution < 1.29 is 9.59 Å². The van der Waals surface area contributed by atoms with Crippen LogP contribution in [0.3, 0.4) is 0 Å². The maximum atomic E-state index is 12.8. The minimum absolute atomic E-state index is 0.0437. The Morgan fingerprint density at radius 3 is 2.25 bits per heavy atom. The van der Waals surface area contributed by atoms with Gasteiger partial charge in [0.15, 0.2) is 0 Å². The fourth-order valence-corrected chi connectivity index (χ4v) is 2.95. The number of amides is 2. The number of likely N-dealkylation sites (N-methyl/N-ethyl adjacent to an activating group) is 1. The first-order chi connectivity index (χ1) is 9.59. The Morgan fingerprint density at radius 1 is 1.15 bits per heavy atom. The lowest BCUT2D eigenvalue weighted by atomic mass is 9.80. The number of rotatable bonds is 7. The van der Waals surface area contributed by atoms with Crippen LogP contribution in [0.25, 0.3) is 0 Å². The van der Waals surface area contributed by atoms with Gasteiger partial charge in [-0.05, 0) is 39.7 Å². The molecule has 1 aliphatic rings. The van der Waals surface area contributed by atoms with E-state index in [4.69, 9.17) is 5.73 Å². The molecule has 0 aliphatic heterocycles. The van der Waals surface area contributed by atoms with Crippen LogP contribution in [0, 0.1) is 0 Å². The molecule has 0 unspecified atom stereocenters. The molecule has 3 N–H and O–H groups in total. The van der Waals surface area contributed by atoms with Gasteiger partial charge in [0.25, 0.3) is 0 Å². The molecule has 1 fully saturated rings. The predicted molar refractivity (Wildman–Crippen MR) is 80.2 cm³/mol. The molecule has 1 aliphatic carbocycles. The number of hydrogen-bond acceptors (Lipinski definition) is 3. The quantitative estimate of drug-likeness (QED) is 0.742. The van der Waals surface area contributed by atoms with E-state index in [1.54, 1.807) is 0 Å². The zero-order chi connectivity index (χ0) is 15.0. The van der Waals surface area contributed by atoms with E-state index in [9.17, 15) is 9.59 Å². The van der Waals surface area contributed by atoms with Crippen molar-refractivity contribution in [2.24, 2.45) is 5.73 Å². The Hall–Kier alpha value is -1.10. The fraction of sp³-hybridized carbons (Fsp3) is 0.867. The smallest absolute Gasteiger partial charge is 0.248 e. The predicted octanol–water partition coefficient (Wildman–Crippen LogP) is 1.41. The molecule has 0 aromatic heterocycles. The number of carbonyl (C=O) groups excluding carboxylic acids is 2. The van der Waals surface area contributed by atoms with E-state index in [0.717, 1.165) is 32.1 Å². The van der Waals surface area contributed by atoms with Gasteiger partial charge in [0, 0.05) is 19.5 Å². The van der Waals surface area contributed by atoms with Crippen LogP contribution < -0.4 is 11.1 Å². The molecule has 5 nitrogen and oxygen atoms in total. The molecule has 0 heterocycles. The molecule has 1 rings (SSSR count). The third kappa shape index (κ3) is 4.20. The lowest BCUT2D eigenvalue weighted by Gasteiger charge is -2.40. The summed E-state index contributed by atoms with van der Waals surface area (Å²) in [6.45, 7) is 5.85. The summed E-state index contributed by atoms with van der Waals surface area (Å²) in [4.78, 5) is 26.6. The molecule has 20 heavy (non-hydrogen) atoms. The molecule has 0 radical (unpaired) electrons. The van der Waals surface area contributed by atoms with Gasteiger partial charge in [-0.3, -0.25) is 9.59 Å². The average molecular weight is 283 g/mol. The van der Waals surface area contributed by atoms with Gasteiger partial charge in [0.1, 0.15) is 5.54 Å². The molecule has 5 heteroatoms. The summed E-state index contributed by atoms with van der Waals surface area (Å²) in [5.74, 6) is 0.0427. The summed E-state index contributed by atoms with van der Waals surface area (Å²) in [5.41, 5.74) is 4.77. The molecule has 1 saturated carbocycles. The van der Waals surface area contributed by atoms with E-state index in [0.29, 0.717) is 32.5 Å². The van der Waals surface area contributed by atoms with E-state index < -0.39 is 5.54 Å². The van der Waals surface area contributed by atoms with Crippen molar-refractivity contribution in [2.75, 3.05) is 19.6 Å². The van der Waals surface area contributed by atoms with Crippen LogP contribution in [0.4, 0.5) is 0 Å².